The lowest BCUT2D eigenvalue weighted by Crippen LogP contribution is -2.53. The molecule has 0 atom stereocenters. The van der Waals surface area contributed by atoms with Gasteiger partial charge in [0.2, 0.25) is 11.8 Å². The van der Waals surface area contributed by atoms with Crippen LogP contribution < -0.4 is 0 Å². The molecule has 1 saturated heterocycles. The molecule has 2 rings (SSSR count). The number of carboxylic acid groups (broad SMARTS) is 1. The molecule has 0 bridgehead atoms. The second kappa shape index (κ2) is 6.34. The van der Waals surface area contributed by atoms with Crippen LogP contribution in [0.2, 0.25) is 0 Å². The van der Waals surface area contributed by atoms with Gasteiger partial charge in [0.15, 0.2) is 0 Å². The van der Waals surface area contributed by atoms with Crippen molar-refractivity contribution in [2.24, 2.45) is 0 Å². The van der Waals surface area contributed by atoms with Crippen LogP contribution in [-0.2, 0) is 16.1 Å². The van der Waals surface area contributed by atoms with E-state index in [1.165, 1.54) is 11.0 Å². The average Bonchev–Trinajstić information content (AvgIpc) is 2.45. The zero-order valence-electron chi connectivity index (χ0n) is 11.8. The van der Waals surface area contributed by atoms with Crippen LogP contribution in [-0.4, -0.2) is 57.3 Å². The number of aromatic carboxylic acids is 1. The van der Waals surface area contributed by atoms with Gasteiger partial charge < -0.3 is 14.9 Å². The Bertz CT molecular complexity index is 573. The fourth-order valence-corrected chi connectivity index (χ4v) is 2.20. The Morgan fingerprint density at radius 2 is 1.90 bits per heavy atom. The van der Waals surface area contributed by atoms with E-state index in [0.717, 1.165) is 6.42 Å². The normalized spacial score (nSPS) is 15.5. The molecule has 0 aliphatic carbocycles. The number of pyridine rings is 1. The summed E-state index contributed by atoms with van der Waals surface area (Å²) in [5, 5.41) is 8.90. The highest BCUT2D eigenvalue weighted by atomic mass is 16.4. The van der Waals surface area contributed by atoms with Crippen LogP contribution in [0.15, 0.2) is 18.2 Å². The highest BCUT2D eigenvalue weighted by molar-refractivity contribution is 5.92. The molecule has 21 heavy (non-hydrogen) atoms. The van der Waals surface area contributed by atoms with Crippen LogP contribution in [0.5, 0.6) is 0 Å². The summed E-state index contributed by atoms with van der Waals surface area (Å²) in [6, 6.07) is 4.60. The highest BCUT2D eigenvalue weighted by Crippen LogP contribution is 2.10. The summed E-state index contributed by atoms with van der Waals surface area (Å²) >= 11 is 0. The van der Waals surface area contributed by atoms with Crippen molar-refractivity contribution in [3.63, 3.8) is 0 Å². The minimum Gasteiger partial charge on any atom is -0.477 e. The molecule has 2 heterocycles. The SMILES string of the molecule is CCCN1CC(=O)N(Cc2cccc(C(=O)O)n2)CC1=O. The van der Waals surface area contributed by atoms with Crippen LogP contribution in [0.1, 0.15) is 29.5 Å². The minimum absolute atomic E-state index is 0.0117. The van der Waals surface area contributed by atoms with Gasteiger partial charge in [0, 0.05) is 6.54 Å². The topological polar surface area (TPSA) is 90.8 Å². The lowest BCUT2D eigenvalue weighted by Gasteiger charge is -2.33. The van der Waals surface area contributed by atoms with Crippen molar-refractivity contribution in [1.82, 2.24) is 14.8 Å². The standard InChI is InChI=1S/C14H17N3O4/c1-2-6-16-8-13(19)17(9-12(16)18)7-10-4-3-5-11(15-10)14(20)21/h3-5H,2,6-9H2,1H3,(H,20,21). The van der Waals surface area contributed by atoms with Crippen molar-refractivity contribution in [2.45, 2.75) is 19.9 Å². The van der Waals surface area contributed by atoms with Gasteiger partial charge in [-0.2, -0.15) is 0 Å². The third-order valence-electron chi connectivity index (χ3n) is 3.23. The van der Waals surface area contributed by atoms with Gasteiger partial charge in [0.25, 0.3) is 0 Å². The first-order chi connectivity index (χ1) is 10.0. The Hall–Kier alpha value is -2.44. The monoisotopic (exact) mass is 291 g/mol. The number of carbonyl (C=O) groups is 3. The molecule has 7 heteroatoms. The second-order valence-corrected chi connectivity index (χ2v) is 4.88. The van der Waals surface area contributed by atoms with Gasteiger partial charge in [-0.3, -0.25) is 9.59 Å². The van der Waals surface area contributed by atoms with Crippen LogP contribution in [0.3, 0.4) is 0 Å². The Labute approximate surface area is 122 Å². The number of carboxylic acids is 1. The maximum atomic E-state index is 12.0. The van der Waals surface area contributed by atoms with Crippen molar-refractivity contribution in [3.8, 4) is 0 Å². The third-order valence-corrected chi connectivity index (χ3v) is 3.23. The fourth-order valence-electron chi connectivity index (χ4n) is 2.20. The Balaban J connectivity index is 2.06. The summed E-state index contributed by atoms with van der Waals surface area (Å²) in [5.74, 6) is -1.36. The zero-order chi connectivity index (χ0) is 15.4. The molecule has 0 saturated carbocycles. The van der Waals surface area contributed by atoms with Crippen LogP contribution in [0, 0.1) is 0 Å². The maximum Gasteiger partial charge on any atom is 0.354 e. The average molecular weight is 291 g/mol. The van der Waals surface area contributed by atoms with Crippen molar-refractivity contribution >= 4 is 17.8 Å². The first kappa shape index (κ1) is 15.0. The number of hydrogen-bond donors (Lipinski definition) is 1. The van der Waals surface area contributed by atoms with E-state index >= 15 is 0 Å². The molecular weight excluding hydrogens is 274 g/mol. The van der Waals surface area contributed by atoms with E-state index < -0.39 is 5.97 Å². The number of amides is 2. The molecule has 1 fully saturated rings. The summed E-state index contributed by atoms with van der Waals surface area (Å²) in [5.41, 5.74) is 0.385. The maximum absolute atomic E-state index is 12.0. The number of hydrogen-bond acceptors (Lipinski definition) is 4. The molecule has 1 aromatic heterocycles. The van der Waals surface area contributed by atoms with E-state index in [0.29, 0.717) is 12.2 Å². The van der Waals surface area contributed by atoms with Gasteiger partial charge in [-0.25, -0.2) is 9.78 Å². The number of carbonyl (C=O) groups excluding carboxylic acids is 2. The summed E-state index contributed by atoms with van der Waals surface area (Å²) < 4.78 is 0. The largest absolute Gasteiger partial charge is 0.477 e. The zero-order valence-corrected chi connectivity index (χ0v) is 11.8. The molecule has 1 N–H and O–H groups in total. The van der Waals surface area contributed by atoms with Crippen molar-refractivity contribution in [2.75, 3.05) is 19.6 Å². The van der Waals surface area contributed by atoms with Gasteiger partial charge in [-0.05, 0) is 18.6 Å². The van der Waals surface area contributed by atoms with E-state index in [2.05, 4.69) is 4.98 Å². The molecular formula is C14H17N3O4. The molecule has 0 spiro atoms. The predicted octanol–water partition coefficient (Wildman–Crippen LogP) is 0.361. The predicted molar refractivity (Wildman–Crippen MR) is 73.5 cm³/mol. The van der Waals surface area contributed by atoms with Gasteiger partial charge >= 0.3 is 5.97 Å². The number of rotatable bonds is 5. The van der Waals surface area contributed by atoms with E-state index in [1.807, 2.05) is 6.92 Å². The first-order valence-corrected chi connectivity index (χ1v) is 6.76. The van der Waals surface area contributed by atoms with Crippen molar-refractivity contribution in [3.05, 3.63) is 29.6 Å². The summed E-state index contributed by atoms with van der Waals surface area (Å²) in [7, 11) is 0. The van der Waals surface area contributed by atoms with E-state index in [9.17, 15) is 14.4 Å². The molecule has 0 unspecified atom stereocenters. The number of nitrogens with zero attached hydrogens (tertiary/aromatic N) is 3. The second-order valence-electron chi connectivity index (χ2n) is 4.88. The van der Waals surface area contributed by atoms with Crippen LogP contribution in [0.25, 0.3) is 0 Å². The van der Waals surface area contributed by atoms with E-state index in [-0.39, 0.29) is 37.1 Å². The molecule has 1 aliphatic heterocycles. The molecule has 1 aromatic rings. The first-order valence-electron chi connectivity index (χ1n) is 6.76. The van der Waals surface area contributed by atoms with Crippen LogP contribution in [0.4, 0.5) is 0 Å². The van der Waals surface area contributed by atoms with Crippen molar-refractivity contribution in [1.29, 1.82) is 0 Å². The quantitative estimate of drug-likeness (QED) is 0.846. The Kier molecular flexibility index (Phi) is 4.52. The molecule has 7 nitrogen and oxygen atoms in total. The fraction of sp³-hybridized carbons (Fsp3) is 0.429. The molecule has 2 amide bonds. The van der Waals surface area contributed by atoms with Crippen molar-refractivity contribution < 1.29 is 19.5 Å². The molecule has 1 aliphatic rings. The summed E-state index contributed by atoms with van der Waals surface area (Å²) in [6.07, 6.45) is 0.807. The number of aromatic nitrogens is 1. The van der Waals surface area contributed by atoms with E-state index in [1.54, 1.807) is 17.0 Å². The Morgan fingerprint density at radius 1 is 1.24 bits per heavy atom. The lowest BCUT2D eigenvalue weighted by atomic mass is 10.2. The Morgan fingerprint density at radius 3 is 2.57 bits per heavy atom. The molecule has 0 aromatic carbocycles. The van der Waals surface area contributed by atoms with Crippen LogP contribution >= 0.6 is 0 Å². The van der Waals surface area contributed by atoms with E-state index in [4.69, 9.17) is 5.11 Å². The summed E-state index contributed by atoms with van der Waals surface area (Å²) in [4.78, 5) is 41.7. The summed E-state index contributed by atoms with van der Waals surface area (Å²) in [6.45, 7) is 2.76. The lowest BCUT2D eigenvalue weighted by molar-refractivity contribution is -0.150. The minimum atomic E-state index is -1.12. The van der Waals surface area contributed by atoms with Gasteiger partial charge in [-0.1, -0.05) is 13.0 Å². The van der Waals surface area contributed by atoms with Gasteiger partial charge in [0.05, 0.1) is 18.8 Å². The molecule has 112 valence electrons. The molecule has 0 radical (unpaired) electrons. The smallest absolute Gasteiger partial charge is 0.354 e. The van der Waals surface area contributed by atoms with Gasteiger partial charge in [0.1, 0.15) is 12.2 Å². The number of piperazine rings is 1. The van der Waals surface area contributed by atoms with Gasteiger partial charge in [-0.15, -0.1) is 0 Å². The third kappa shape index (κ3) is 3.56. The highest BCUT2D eigenvalue weighted by Gasteiger charge is 2.29.